The Balaban J connectivity index is 1.40. The molecule has 5 rings (SSSR count). The average molecular weight is 444 g/mol. The Morgan fingerprint density at radius 3 is 2.58 bits per heavy atom. The number of fused-ring (bicyclic) bond motifs is 1. The number of rotatable bonds is 5. The summed E-state index contributed by atoms with van der Waals surface area (Å²) < 4.78 is 5.65. The lowest BCUT2D eigenvalue weighted by Gasteiger charge is -2.34. The molecule has 0 amide bonds. The van der Waals surface area contributed by atoms with Crippen LogP contribution in [0.1, 0.15) is 0 Å². The van der Waals surface area contributed by atoms with E-state index in [2.05, 4.69) is 42.1 Å². The summed E-state index contributed by atoms with van der Waals surface area (Å²) in [6, 6.07) is 15.3. The average Bonchev–Trinajstić information content (AvgIpc) is 2.84. The van der Waals surface area contributed by atoms with Gasteiger partial charge in [-0.2, -0.15) is 4.98 Å². The molecule has 4 aromatic rings. The normalized spacial score (nSPS) is 14.4. The van der Waals surface area contributed by atoms with Gasteiger partial charge in [0, 0.05) is 43.5 Å². The third kappa shape index (κ3) is 4.35. The summed E-state index contributed by atoms with van der Waals surface area (Å²) >= 11 is 0. The summed E-state index contributed by atoms with van der Waals surface area (Å²) in [7, 11) is 3.81. The molecule has 168 valence electrons. The number of hydrogen-bond acceptors (Lipinski definition) is 8. The number of piperazine rings is 1. The third-order valence-electron chi connectivity index (χ3n) is 5.78. The van der Waals surface area contributed by atoms with E-state index >= 15 is 0 Å². The standard InChI is InChI=1S/C24H25N7O2/c1-30-10-12-31(13-11-30)19-9-8-17(14-20(19)33-2)26-24-25-15-18-22(29-24)28-23(32)21(27-18)16-6-4-3-5-7-16/h3-9,14-15H,10-13H2,1-2H3,(H2,25,26,28,29,32). The highest BCUT2D eigenvalue weighted by molar-refractivity contribution is 5.75. The van der Waals surface area contributed by atoms with Gasteiger partial charge in [-0.05, 0) is 19.2 Å². The molecule has 2 aromatic heterocycles. The Bertz CT molecular complexity index is 1330. The minimum Gasteiger partial charge on any atom is -0.495 e. The highest BCUT2D eigenvalue weighted by atomic mass is 16.5. The number of hydrogen-bond donors (Lipinski definition) is 2. The molecule has 2 aromatic carbocycles. The van der Waals surface area contributed by atoms with Crippen LogP contribution in [0.15, 0.2) is 59.5 Å². The zero-order valence-electron chi connectivity index (χ0n) is 18.6. The van der Waals surface area contributed by atoms with Crippen molar-refractivity contribution in [1.82, 2.24) is 24.8 Å². The molecule has 1 fully saturated rings. The fraction of sp³-hybridized carbons (Fsp3) is 0.250. The second kappa shape index (κ2) is 8.87. The highest BCUT2D eigenvalue weighted by Gasteiger charge is 2.18. The molecule has 9 heteroatoms. The number of aromatic nitrogens is 4. The van der Waals surface area contributed by atoms with E-state index in [9.17, 15) is 4.79 Å². The van der Waals surface area contributed by atoms with Crippen molar-refractivity contribution in [1.29, 1.82) is 0 Å². The number of nitrogens with one attached hydrogen (secondary N) is 2. The van der Waals surface area contributed by atoms with E-state index < -0.39 is 0 Å². The molecule has 33 heavy (non-hydrogen) atoms. The van der Waals surface area contributed by atoms with Crippen LogP contribution in [0, 0.1) is 0 Å². The summed E-state index contributed by atoms with van der Waals surface area (Å²) in [6.45, 7) is 3.95. The molecule has 0 radical (unpaired) electrons. The number of aromatic amines is 1. The molecule has 9 nitrogen and oxygen atoms in total. The first-order chi connectivity index (χ1) is 16.1. The largest absolute Gasteiger partial charge is 0.495 e. The molecule has 1 saturated heterocycles. The van der Waals surface area contributed by atoms with Gasteiger partial charge in [0.05, 0.1) is 19.0 Å². The second-order valence-corrected chi connectivity index (χ2v) is 8.01. The Kier molecular flexibility index (Phi) is 5.62. The molecule has 0 unspecified atom stereocenters. The van der Waals surface area contributed by atoms with Crippen molar-refractivity contribution in [2.75, 3.05) is 50.6 Å². The number of benzene rings is 2. The Labute approximate surface area is 191 Å². The molecule has 3 heterocycles. The topological polar surface area (TPSA) is 99.3 Å². The van der Waals surface area contributed by atoms with Gasteiger partial charge in [0.25, 0.3) is 5.56 Å². The van der Waals surface area contributed by atoms with Crippen LogP contribution in [0.4, 0.5) is 17.3 Å². The van der Waals surface area contributed by atoms with Crippen LogP contribution in [0.5, 0.6) is 5.75 Å². The Morgan fingerprint density at radius 1 is 1.03 bits per heavy atom. The van der Waals surface area contributed by atoms with E-state index in [4.69, 9.17) is 4.74 Å². The molecule has 1 aliphatic rings. The van der Waals surface area contributed by atoms with Crippen LogP contribution in [0.25, 0.3) is 22.4 Å². The van der Waals surface area contributed by atoms with E-state index in [1.54, 1.807) is 13.3 Å². The van der Waals surface area contributed by atoms with Gasteiger partial charge in [-0.3, -0.25) is 4.79 Å². The van der Waals surface area contributed by atoms with Gasteiger partial charge >= 0.3 is 0 Å². The molecule has 0 saturated carbocycles. The minimum absolute atomic E-state index is 0.295. The maximum Gasteiger partial charge on any atom is 0.276 e. The number of likely N-dealkylation sites (N-methyl/N-ethyl adjacent to an activating group) is 1. The lowest BCUT2D eigenvalue weighted by Crippen LogP contribution is -2.44. The van der Waals surface area contributed by atoms with Crippen molar-refractivity contribution >= 4 is 28.5 Å². The smallest absolute Gasteiger partial charge is 0.276 e. The fourth-order valence-corrected chi connectivity index (χ4v) is 3.93. The first-order valence-electron chi connectivity index (χ1n) is 10.8. The monoisotopic (exact) mass is 443 g/mol. The van der Waals surface area contributed by atoms with Gasteiger partial charge in [-0.1, -0.05) is 30.3 Å². The molecule has 2 N–H and O–H groups in total. The van der Waals surface area contributed by atoms with Gasteiger partial charge in [0.15, 0.2) is 5.65 Å². The molecule has 0 atom stereocenters. The van der Waals surface area contributed by atoms with Crippen molar-refractivity contribution in [2.45, 2.75) is 0 Å². The Morgan fingerprint density at radius 2 is 1.82 bits per heavy atom. The zero-order valence-corrected chi connectivity index (χ0v) is 18.6. The molecule has 0 aliphatic carbocycles. The van der Waals surface area contributed by atoms with Crippen LogP contribution in [0.2, 0.25) is 0 Å². The van der Waals surface area contributed by atoms with Crippen molar-refractivity contribution < 1.29 is 4.74 Å². The van der Waals surface area contributed by atoms with Gasteiger partial charge in [0.2, 0.25) is 5.95 Å². The third-order valence-corrected chi connectivity index (χ3v) is 5.78. The first-order valence-corrected chi connectivity index (χ1v) is 10.8. The number of methoxy groups -OCH3 is 1. The van der Waals surface area contributed by atoms with Gasteiger partial charge in [-0.25, -0.2) is 9.97 Å². The number of nitrogens with zero attached hydrogens (tertiary/aromatic N) is 5. The maximum absolute atomic E-state index is 12.6. The summed E-state index contributed by atoms with van der Waals surface area (Å²) in [5.74, 6) is 1.15. The number of H-pyrrole nitrogens is 1. The van der Waals surface area contributed by atoms with Crippen molar-refractivity contribution in [3.05, 3.63) is 65.1 Å². The first kappa shape index (κ1) is 20.9. The minimum atomic E-state index is -0.295. The van der Waals surface area contributed by atoms with Crippen LogP contribution in [-0.4, -0.2) is 65.2 Å². The van der Waals surface area contributed by atoms with E-state index in [0.717, 1.165) is 48.9 Å². The van der Waals surface area contributed by atoms with E-state index in [1.165, 1.54) is 0 Å². The quantitative estimate of drug-likeness (QED) is 0.486. The fourth-order valence-electron chi connectivity index (χ4n) is 3.93. The zero-order chi connectivity index (χ0) is 22.8. The number of ether oxygens (including phenoxy) is 1. The van der Waals surface area contributed by atoms with Crippen molar-refractivity contribution in [3.63, 3.8) is 0 Å². The van der Waals surface area contributed by atoms with E-state index in [0.29, 0.717) is 22.8 Å². The molecular weight excluding hydrogens is 418 g/mol. The Hall–Kier alpha value is -3.98. The number of anilines is 3. The van der Waals surface area contributed by atoms with E-state index in [1.807, 2.05) is 48.5 Å². The predicted octanol–water partition coefficient (Wildman–Crippen LogP) is 2.88. The summed E-state index contributed by atoms with van der Waals surface area (Å²) in [5, 5.41) is 3.19. The van der Waals surface area contributed by atoms with Gasteiger partial charge < -0.3 is 24.8 Å². The molecule has 0 bridgehead atoms. The SMILES string of the molecule is COc1cc(Nc2ncc3nc(-c4ccccc4)c(=O)[nH]c3n2)ccc1N1CCN(C)CC1. The van der Waals surface area contributed by atoms with Crippen LogP contribution >= 0.6 is 0 Å². The van der Waals surface area contributed by atoms with Crippen molar-refractivity contribution in [2.24, 2.45) is 0 Å². The van der Waals surface area contributed by atoms with E-state index in [-0.39, 0.29) is 5.56 Å². The van der Waals surface area contributed by atoms with Crippen LogP contribution < -0.4 is 20.5 Å². The maximum atomic E-state index is 12.6. The van der Waals surface area contributed by atoms with Gasteiger partial charge in [-0.15, -0.1) is 0 Å². The predicted molar refractivity (Wildman–Crippen MR) is 129 cm³/mol. The summed E-state index contributed by atoms with van der Waals surface area (Å²) in [4.78, 5) is 33.3. The summed E-state index contributed by atoms with van der Waals surface area (Å²) in [6.07, 6.45) is 1.60. The van der Waals surface area contributed by atoms with Crippen LogP contribution in [0.3, 0.4) is 0 Å². The second-order valence-electron chi connectivity index (χ2n) is 8.01. The van der Waals surface area contributed by atoms with Crippen LogP contribution in [-0.2, 0) is 0 Å². The van der Waals surface area contributed by atoms with Crippen molar-refractivity contribution in [3.8, 4) is 17.0 Å². The molecular formula is C24H25N7O2. The lowest BCUT2D eigenvalue weighted by atomic mass is 10.1. The molecule has 1 aliphatic heterocycles. The highest BCUT2D eigenvalue weighted by Crippen LogP contribution is 2.32. The lowest BCUT2D eigenvalue weighted by molar-refractivity contribution is 0.311. The van der Waals surface area contributed by atoms with Gasteiger partial charge in [0.1, 0.15) is 17.0 Å². The summed E-state index contributed by atoms with van der Waals surface area (Å²) in [5.41, 5.74) is 3.54. The molecule has 0 spiro atoms.